The van der Waals surface area contributed by atoms with Crippen molar-refractivity contribution in [3.05, 3.63) is 35.9 Å². The zero-order chi connectivity index (χ0) is 23.6. The summed E-state index contributed by atoms with van der Waals surface area (Å²) in [4.78, 5) is 49.5. The van der Waals surface area contributed by atoms with Crippen LogP contribution in [0.1, 0.15) is 38.7 Å². The minimum Gasteiger partial charge on any atom is -0.467 e. The maximum atomic E-state index is 12.5. The zero-order valence-electron chi connectivity index (χ0n) is 18.6. The maximum absolute atomic E-state index is 12.5. The number of hydrogen-bond acceptors (Lipinski definition) is 9. The number of alkyl carbamates (subject to hydrolysis) is 1. The molecule has 1 aromatic rings. The van der Waals surface area contributed by atoms with Gasteiger partial charge in [0.2, 0.25) is 5.54 Å². The molecule has 1 amide bonds. The second kappa shape index (κ2) is 12.0. The topological polar surface area (TPSA) is 129 Å². The van der Waals surface area contributed by atoms with Gasteiger partial charge in [-0.05, 0) is 38.7 Å². The Bertz CT molecular complexity index is 780. The second-order valence-corrected chi connectivity index (χ2v) is 7.24. The lowest BCUT2D eigenvalue weighted by Crippen LogP contribution is -2.58. The molecule has 2 N–H and O–H groups in total. The van der Waals surface area contributed by atoms with Gasteiger partial charge in [-0.15, -0.1) is 0 Å². The summed E-state index contributed by atoms with van der Waals surface area (Å²) in [5.41, 5.74) is -0.853. The molecule has 1 aliphatic heterocycles. The number of carbonyl (C=O) groups is 4. The highest BCUT2D eigenvalue weighted by Gasteiger charge is 2.54. The molecule has 0 bridgehead atoms. The normalized spacial score (nSPS) is 17.7. The van der Waals surface area contributed by atoms with Crippen molar-refractivity contribution in [1.29, 1.82) is 0 Å². The van der Waals surface area contributed by atoms with E-state index in [4.69, 9.17) is 18.9 Å². The third kappa shape index (κ3) is 6.43. The fraction of sp³-hybridized carbons (Fsp3) is 0.545. The van der Waals surface area contributed by atoms with Crippen molar-refractivity contribution in [3.8, 4) is 0 Å². The smallest absolute Gasteiger partial charge is 0.408 e. The lowest BCUT2D eigenvalue weighted by Gasteiger charge is -2.27. The van der Waals surface area contributed by atoms with Crippen molar-refractivity contribution >= 4 is 24.0 Å². The van der Waals surface area contributed by atoms with Crippen LogP contribution in [0.5, 0.6) is 0 Å². The molecule has 1 aliphatic rings. The first-order valence-corrected chi connectivity index (χ1v) is 10.5. The fourth-order valence-electron chi connectivity index (χ4n) is 3.52. The van der Waals surface area contributed by atoms with Crippen LogP contribution in [0.3, 0.4) is 0 Å². The molecule has 0 aromatic heterocycles. The summed E-state index contributed by atoms with van der Waals surface area (Å²) in [6.45, 7) is 3.53. The number of carbonyl (C=O) groups excluding carboxylic acids is 4. The Balaban J connectivity index is 2.03. The van der Waals surface area contributed by atoms with Crippen LogP contribution in [0.2, 0.25) is 0 Å². The van der Waals surface area contributed by atoms with Gasteiger partial charge in [0.15, 0.2) is 0 Å². The fourth-order valence-corrected chi connectivity index (χ4v) is 3.52. The SMILES string of the molecule is CCOC(=O)C1(C(=O)OCC)CCC(C[C@H](NC(=O)OCc2ccccc2)C(=O)OC)N1. The molecule has 0 aliphatic carbocycles. The summed E-state index contributed by atoms with van der Waals surface area (Å²) in [5.74, 6) is -2.13. The molecule has 2 atom stereocenters. The van der Waals surface area contributed by atoms with Gasteiger partial charge in [0.1, 0.15) is 12.6 Å². The van der Waals surface area contributed by atoms with E-state index in [0.29, 0.717) is 6.42 Å². The van der Waals surface area contributed by atoms with Gasteiger partial charge >= 0.3 is 24.0 Å². The van der Waals surface area contributed by atoms with Gasteiger partial charge in [-0.3, -0.25) is 5.32 Å². The summed E-state index contributed by atoms with van der Waals surface area (Å²) in [7, 11) is 1.20. The van der Waals surface area contributed by atoms with Crippen molar-refractivity contribution in [2.75, 3.05) is 20.3 Å². The first kappa shape index (κ1) is 25.1. The minimum atomic E-state index is -1.65. The number of ether oxygens (including phenoxy) is 4. The predicted molar refractivity (Wildman–Crippen MR) is 112 cm³/mol. The Morgan fingerprint density at radius 1 is 1.06 bits per heavy atom. The minimum absolute atomic E-state index is 0.0388. The van der Waals surface area contributed by atoms with Crippen LogP contribution in [0.25, 0.3) is 0 Å². The molecule has 10 nitrogen and oxygen atoms in total. The van der Waals surface area contributed by atoms with E-state index in [1.165, 1.54) is 7.11 Å². The quantitative estimate of drug-likeness (QED) is 0.309. The Morgan fingerprint density at radius 3 is 2.25 bits per heavy atom. The van der Waals surface area contributed by atoms with Gasteiger partial charge in [-0.25, -0.2) is 19.2 Å². The highest BCUT2D eigenvalue weighted by atomic mass is 16.6. The number of amides is 1. The van der Waals surface area contributed by atoms with Gasteiger partial charge in [0.25, 0.3) is 0 Å². The standard InChI is InChI=1S/C22H30N2O8/c1-4-30-19(26)22(20(27)31-5-2)12-11-16(24-22)13-17(18(25)29-3)23-21(28)32-14-15-9-7-6-8-10-15/h6-10,16-17,24H,4-5,11-14H2,1-3H3,(H,23,28)/t16?,17-/m0/s1. The molecule has 10 heteroatoms. The molecule has 2 rings (SSSR count). The average Bonchev–Trinajstić information content (AvgIpc) is 3.23. The van der Waals surface area contributed by atoms with E-state index >= 15 is 0 Å². The highest BCUT2D eigenvalue weighted by Crippen LogP contribution is 2.29. The molecule has 0 radical (unpaired) electrons. The van der Waals surface area contributed by atoms with Crippen LogP contribution in [0.15, 0.2) is 30.3 Å². The number of nitrogens with one attached hydrogen (secondary N) is 2. The molecule has 1 heterocycles. The average molecular weight is 450 g/mol. The largest absolute Gasteiger partial charge is 0.467 e. The zero-order valence-corrected chi connectivity index (χ0v) is 18.6. The van der Waals surface area contributed by atoms with Crippen molar-refractivity contribution in [1.82, 2.24) is 10.6 Å². The van der Waals surface area contributed by atoms with Crippen molar-refractivity contribution in [2.45, 2.75) is 57.3 Å². The monoisotopic (exact) mass is 450 g/mol. The summed E-state index contributed by atoms with van der Waals surface area (Å²) in [6, 6.07) is 7.59. The van der Waals surface area contributed by atoms with Gasteiger partial charge in [0.05, 0.1) is 20.3 Å². The van der Waals surface area contributed by atoms with Gasteiger partial charge in [-0.2, -0.15) is 0 Å². The lowest BCUT2D eigenvalue weighted by molar-refractivity contribution is -0.165. The molecule has 1 fully saturated rings. The molecule has 1 unspecified atom stereocenters. The van der Waals surface area contributed by atoms with Crippen LogP contribution < -0.4 is 10.6 Å². The van der Waals surface area contributed by atoms with Crippen LogP contribution in [0.4, 0.5) is 4.79 Å². The van der Waals surface area contributed by atoms with E-state index in [9.17, 15) is 19.2 Å². The van der Waals surface area contributed by atoms with Crippen LogP contribution in [0, 0.1) is 0 Å². The van der Waals surface area contributed by atoms with Crippen LogP contribution >= 0.6 is 0 Å². The summed E-state index contributed by atoms with van der Waals surface area (Å²) < 4.78 is 20.1. The number of benzene rings is 1. The first-order valence-electron chi connectivity index (χ1n) is 10.5. The summed E-state index contributed by atoms with van der Waals surface area (Å²) >= 11 is 0. The van der Waals surface area contributed by atoms with Gasteiger partial charge in [-0.1, -0.05) is 30.3 Å². The Kier molecular flexibility index (Phi) is 9.45. The first-order chi connectivity index (χ1) is 15.4. The Morgan fingerprint density at radius 2 is 1.69 bits per heavy atom. The molecular weight excluding hydrogens is 420 g/mol. The van der Waals surface area contributed by atoms with E-state index in [-0.39, 0.29) is 32.7 Å². The molecule has 1 saturated heterocycles. The van der Waals surface area contributed by atoms with E-state index in [0.717, 1.165) is 5.56 Å². The Labute approximate surface area is 186 Å². The summed E-state index contributed by atoms with van der Waals surface area (Å²) in [6.07, 6.45) is -0.189. The van der Waals surface area contributed by atoms with Crippen molar-refractivity contribution in [3.63, 3.8) is 0 Å². The second-order valence-electron chi connectivity index (χ2n) is 7.24. The third-order valence-corrected chi connectivity index (χ3v) is 5.08. The number of methoxy groups -OCH3 is 1. The van der Waals surface area contributed by atoms with E-state index in [1.54, 1.807) is 26.0 Å². The molecular formula is C22H30N2O8. The number of esters is 3. The number of hydrogen-bond donors (Lipinski definition) is 2. The number of rotatable bonds is 10. The maximum Gasteiger partial charge on any atom is 0.408 e. The van der Waals surface area contributed by atoms with Crippen molar-refractivity contribution < 1.29 is 38.1 Å². The van der Waals surface area contributed by atoms with Gasteiger partial charge in [0, 0.05) is 6.04 Å². The van der Waals surface area contributed by atoms with Crippen molar-refractivity contribution in [2.24, 2.45) is 0 Å². The molecule has 1 aromatic carbocycles. The van der Waals surface area contributed by atoms with Gasteiger partial charge < -0.3 is 24.3 Å². The lowest BCUT2D eigenvalue weighted by atomic mass is 9.97. The molecule has 0 saturated carbocycles. The predicted octanol–water partition coefficient (Wildman–Crippen LogP) is 1.46. The van der Waals surface area contributed by atoms with E-state index in [1.807, 2.05) is 18.2 Å². The molecule has 0 spiro atoms. The van der Waals surface area contributed by atoms with E-state index < -0.39 is 41.6 Å². The molecule has 32 heavy (non-hydrogen) atoms. The third-order valence-electron chi connectivity index (χ3n) is 5.08. The van der Waals surface area contributed by atoms with E-state index in [2.05, 4.69) is 10.6 Å². The molecule has 176 valence electrons. The summed E-state index contributed by atoms with van der Waals surface area (Å²) in [5, 5.41) is 5.46. The highest BCUT2D eigenvalue weighted by molar-refractivity contribution is 6.05. The Hall–Kier alpha value is -3.14. The van der Waals surface area contributed by atoms with Crippen LogP contribution in [-0.2, 0) is 39.9 Å². The van der Waals surface area contributed by atoms with Crippen LogP contribution in [-0.4, -0.2) is 61.9 Å².